The number of phenolic OH excluding ortho intramolecular Hbond substituents is 1. The molecule has 1 aromatic heterocycles. The van der Waals surface area contributed by atoms with Crippen LogP contribution in [0.3, 0.4) is 0 Å². The topological polar surface area (TPSA) is 79.5 Å². The van der Waals surface area contributed by atoms with Gasteiger partial charge < -0.3 is 15.7 Å². The van der Waals surface area contributed by atoms with E-state index in [9.17, 15) is 9.90 Å². The van der Waals surface area contributed by atoms with Gasteiger partial charge in [0.1, 0.15) is 10.8 Å². The Balaban J connectivity index is 1.42. The summed E-state index contributed by atoms with van der Waals surface area (Å²) in [5.41, 5.74) is 11.7. The van der Waals surface area contributed by atoms with Gasteiger partial charge in [-0.1, -0.05) is 18.2 Å². The SMILES string of the molecule is Cc1cccc2c(O)cc3c(c12)C(CCl)CN3C(=O)c1ccc2nc(-c3ccc(N)cc3)sc2c1. The Kier molecular flexibility index (Phi) is 5.16. The van der Waals surface area contributed by atoms with Gasteiger partial charge in [-0.05, 0) is 65.9 Å². The smallest absolute Gasteiger partial charge is 0.258 e. The minimum Gasteiger partial charge on any atom is -0.507 e. The fourth-order valence-corrected chi connectivity index (χ4v) is 6.24. The summed E-state index contributed by atoms with van der Waals surface area (Å²) >= 11 is 7.92. The van der Waals surface area contributed by atoms with E-state index in [-0.39, 0.29) is 17.6 Å². The maximum atomic E-state index is 13.7. The van der Waals surface area contributed by atoms with Crippen LogP contribution in [0, 0.1) is 6.92 Å². The average molecular weight is 500 g/mol. The van der Waals surface area contributed by atoms with Crippen LogP contribution in [0.25, 0.3) is 31.6 Å². The van der Waals surface area contributed by atoms with Gasteiger partial charge in [0, 0.05) is 46.6 Å². The number of hydrogen-bond acceptors (Lipinski definition) is 5. The molecule has 7 heteroatoms. The quantitative estimate of drug-likeness (QED) is 0.214. The number of carbonyl (C=O) groups is 1. The van der Waals surface area contributed by atoms with Gasteiger partial charge in [-0.15, -0.1) is 22.9 Å². The molecule has 5 nitrogen and oxygen atoms in total. The number of rotatable bonds is 3. The van der Waals surface area contributed by atoms with Crippen LogP contribution in [-0.4, -0.2) is 28.4 Å². The summed E-state index contributed by atoms with van der Waals surface area (Å²) in [6.45, 7) is 2.50. The van der Waals surface area contributed by atoms with Gasteiger partial charge in [0.25, 0.3) is 5.91 Å². The molecule has 0 aliphatic carbocycles. The Morgan fingerprint density at radius 3 is 2.74 bits per heavy atom. The fourth-order valence-electron chi connectivity index (χ4n) is 4.98. The van der Waals surface area contributed by atoms with Gasteiger partial charge in [-0.3, -0.25) is 4.79 Å². The van der Waals surface area contributed by atoms with Crippen molar-refractivity contribution < 1.29 is 9.90 Å². The molecule has 4 aromatic carbocycles. The van der Waals surface area contributed by atoms with Crippen molar-refractivity contribution in [3.63, 3.8) is 0 Å². The molecule has 1 amide bonds. The number of thiazole rings is 1. The second kappa shape index (κ2) is 8.26. The number of anilines is 2. The lowest BCUT2D eigenvalue weighted by atomic mass is 9.92. The van der Waals surface area contributed by atoms with Gasteiger partial charge in [0.2, 0.25) is 0 Å². The summed E-state index contributed by atoms with van der Waals surface area (Å²) in [5, 5.41) is 13.4. The van der Waals surface area contributed by atoms with Crippen LogP contribution in [-0.2, 0) is 0 Å². The van der Waals surface area contributed by atoms with Crippen molar-refractivity contribution in [1.82, 2.24) is 4.98 Å². The van der Waals surface area contributed by atoms with E-state index >= 15 is 0 Å². The van der Waals surface area contributed by atoms with Crippen molar-refractivity contribution >= 4 is 61.2 Å². The molecule has 0 saturated heterocycles. The van der Waals surface area contributed by atoms with Crippen molar-refractivity contribution in [2.24, 2.45) is 0 Å². The fraction of sp³-hybridized carbons (Fsp3) is 0.143. The minimum absolute atomic E-state index is 0.0101. The molecule has 0 radical (unpaired) electrons. The van der Waals surface area contributed by atoms with E-state index < -0.39 is 0 Å². The van der Waals surface area contributed by atoms with Gasteiger partial charge in [-0.2, -0.15) is 0 Å². The number of nitrogens with zero attached hydrogens (tertiary/aromatic N) is 2. The first-order chi connectivity index (χ1) is 16.9. The van der Waals surface area contributed by atoms with E-state index in [4.69, 9.17) is 22.3 Å². The first-order valence-electron chi connectivity index (χ1n) is 11.3. The van der Waals surface area contributed by atoms with Gasteiger partial charge in [0.15, 0.2) is 0 Å². The summed E-state index contributed by atoms with van der Waals surface area (Å²) in [4.78, 5) is 20.2. The number of nitrogen functional groups attached to an aromatic ring is 1. The predicted molar refractivity (Wildman–Crippen MR) is 145 cm³/mol. The summed E-state index contributed by atoms with van der Waals surface area (Å²) in [6, 6.07) is 20.8. The van der Waals surface area contributed by atoms with Crippen LogP contribution in [0.1, 0.15) is 27.4 Å². The lowest BCUT2D eigenvalue weighted by Crippen LogP contribution is -2.30. The Labute approximate surface area is 211 Å². The molecule has 0 saturated carbocycles. The van der Waals surface area contributed by atoms with E-state index in [1.54, 1.807) is 22.3 Å². The molecule has 0 bridgehead atoms. The number of amides is 1. The molecule has 174 valence electrons. The summed E-state index contributed by atoms with van der Waals surface area (Å²) in [5.74, 6) is 0.435. The standard InChI is InChI=1S/C28H22ClN3O2S/c1-15-3-2-4-20-23(33)12-22-26(25(15)20)18(13-29)14-32(22)28(34)17-7-10-21-24(11-17)35-27(31-21)16-5-8-19(30)9-6-16/h2-12,18,33H,13-14,30H2,1H3. The number of aromatic hydroxyl groups is 1. The highest BCUT2D eigenvalue weighted by molar-refractivity contribution is 7.21. The zero-order valence-electron chi connectivity index (χ0n) is 19.0. The van der Waals surface area contributed by atoms with Crippen molar-refractivity contribution in [3.8, 4) is 16.3 Å². The summed E-state index contributed by atoms with van der Waals surface area (Å²) in [7, 11) is 0. The number of hydrogen-bond donors (Lipinski definition) is 2. The normalized spacial score (nSPS) is 15.1. The molecule has 0 spiro atoms. The number of nitrogens with two attached hydrogens (primary N) is 1. The van der Waals surface area contributed by atoms with E-state index in [0.717, 1.165) is 48.4 Å². The molecular weight excluding hydrogens is 478 g/mol. The number of carbonyl (C=O) groups excluding carboxylic acids is 1. The highest BCUT2D eigenvalue weighted by Crippen LogP contribution is 2.46. The van der Waals surface area contributed by atoms with Crippen LogP contribution in [0.5, 0.6) is 5.75 Å². The number of benzene rings is 4. The molecule has 35 heavy (non-hydrogen) atoms. The first kappa shape index (κ1) is 21.9. The van der Waals surface area contributed by atoms with E-state index in [2.05, 4.69) is 0 Å². The van der Waals surface area contributed by atoms with Crippen LogP contribution >= 0.6 is 22.9 Å². The average Bonchev–Trinajstić information content (AvgIpc) is 3.45. The Morgan fingerprint density at radius 2 is 1.97 bits per heavy atom. The molecule has 3 N–H and O–H groups in total. The molecule has 1 aliphatic rings. The minimum atomic E-state index is -0.115. The molecule has 6 rings (SSSR count). The van der Waals surface area contributed by atoms with Gasteiger partial charge >= 0.3 is 0 Å². The van der Waals surface area contributed by atoms with Crippen LogP contribution < -0.4 is 10.6 Å². The number of alkyl halides is 1. The van der Waals surface area contributed by atoms with Crippen LogP contribution in [0.15, 0.2) is 66.7 Å². The van der Waals surface area contributed by atoms with Crippen molar-refractivity contribution in [2.45, 2.75) is 12.8 Å². The van der Waals surface area contributed by atoms with Crippen LogP contribution in [0.4, 0.5) is 11.4 Å². The Bertz CT molecular complexity index is 1630. The highest BCUT2D eigenvalue weighted by Gasteiger charge is 2.35. The summed E-state index contributed by atoms with van der Waals surface area (Å²) < 4.78 is 0.938. The maximum absolute atomic E-state index is 13.7. The van der Waals surface area contributed by atoms with Crippen LogP contribution in [0.2, 0.25) is 0 Å². The second-order valence-corrected chi connectivity index (χ2v) is 10.3. The predicted octanol–water partition coefficient (Wildman–Crippen LogP) is 6.70. The lowest BCUT2D eigenvalue weighted by molar-refractivity contribution is 0.0988. The first-order valence-corrected chi connectivity index (χ1v) is 12.7. The molecule has 0 fully saturated rings. The third-order valence-corrected chi connectivity index (χ3v) is 8.13. The zero-order chi connectivity index (χ0) is 24.3. The molecule has 5 aromatic rings. The second-order valence-electron chi connectivity index (χ2n) is 8.92. The lowest BCUT2D eigenvalue weighted by Gasteiger charge is -2.19. The largest absolute Gasteiger partial charge is 0.507 e. The third-order valence-electron chi connectivity index (χ3n) is 6.69. The van der Waals surface area contributed by atoms with Crippen molar-refractivity contribution in [2.75, 3.05) is 23.1 Å². The number of halogens is 1. The molecule has 1 unspecified atom stereocenters. The third kappa shape index (κ3) is 3.52. The van der Waals surface area contributed by atoms with E-state index in [0.29, 0.717) is 23.7 Å². The number of fused-ring (bicyclic) bond motifs is 4. The summed E-state index contributed by atoms with van der Waals surface area (Å²) in [6.07, 6.45) is 0. The maximum Gasteiger partial charge on any atom is 0.258 e. The zero-order valence-corrected chi connectivity index (χ0v) is 20.5. The Morgan fingerprint density at radius 1 is 1.17 bits per heavy atom. The number of phenols is 1. The molecular formula is C28H22ClN3O2S. The highest BCUT2D eigenvalue weighted by atomic mass is 35.5. The van der Waals surface area contributed by atoms with E-state index in [1.807, 2.05) is 67.6 Å². The number of aryl methyl sites for hydroxylation is 1. The van der Waals surface area contributed by atoms with E-state index in [1.165, 1.54) is 0 Å². The Hall–Kier alpha value is -3.61. The monoisotopic (exact) mass is 499 g/mol. The van der Waals surface area contributed by atoms with Gasteiger partial charge in [-0.25, -0.2) is 4.98 Å². The molecule has 1 aliphatic heterocycles. The van der Waals surface area contributed by atoms with Gasteiger partial charge in [0.05, 0.1) is 15.9 Å². The molecule has 1 atom stereocenters. The van der Waals surface area contributed by atoms with Crippen molar-refractivity contribution in [1.29, 1.82) is 0 Å². The number of aromatic nitrogens is 1. The molecule has 2 heterocycles. The van der Waals surface area contributed by atoms with Crippen molar-refractivity contribution in [3.05, 3.63) is 83.4 Å².